The van der Waals surface area contributed by atoms with Crippen LogP contribution in [0.25, 0.3) is 0 Å². The predicted octanol–water partition coefficient (Wildman–Crippen LogP) is 0.284. The van der Waals surface area contributed by atoms with E-state index in [-0.39, 0.29) is 5.75 Å². The molecule has 1 aliphatic rings. The van der Waals surface area contributed by atoms with Crippen molar-refractivity contribution in [2.75, 3.05) is 45.6 Å². The summed E-state index contributed by atoms with van der Waals surface area (Å²) in [6.07, 6.45) is 1.92. The van der Waals surface area contributed by atoms with E-state index < -0.39 is 10.0 Å². The number of methoxy groups -OCH3 is 1. The van der Waals surface area contributed by atoms with E-state index >= 15 is 0 Å². The molecular formula is C11H24N2O3S. The smallest absolute Gasteiger partial charge is 0.213 e. The molecule has 102 valence electrons. The van der Waals surface area contributed by atoms with Crippen LogP contribution in [0.15, 0.2) is 0 Å². The molecule has 1 saturated heterocycles. The monoisotopic (exact) mass is 264 g/mol. The highest BCUT2D eigenvalue weighted by atomic mass is 32.2. The number of nitrogens with zero attached hydrogens (tertiary/aromatic N) is 1. The maximum atomic E-state index is 11.7. The Balaban J connectivity index is 2.22. The van der Waals surface area contributed by atoms with Gasteiger partial charge >= 0.3 is 0 Å². The number of rotatable bonds is 7. The van der Waals surface area contributed by atoms with Crippen LogP contribution < -0.4 is 5.32 Å². The Kier molecular flexibility index (Phi) is 6.40. The van der Waals surface area contributed by atoms with E-state index in [1.807, 2.05) is 0 Å². The summed E-state index contributed by atoms with van der Waals surface area (Å²) in [5.41, 5.74) is 0. The van der Waals surface area contributed by atoms with Gasteiger partial charge in [-0.2, -0.15) is 0 Å². The molecule has 0 atom stereocenters. The second kappa shape index (κ2) is 7.31. The third-order valence-corrected chi connectivity index (χ3v) is 5.13. The molecule has 0 saturated carbocycles. The Morgan fingerprint density at radius 2 is 2.00 bits per heavy atom. The van der Waals surface area contributed by atoms with Crippen LogP contribution in [0.3, 0.4) is 0 Å². The van der Waals surface area contributed by atoms with E-state index in [9.17, 15) is 8.42 Å². The van der Waals surface area contributed by atoms with Gasteiger partial charge in [0.15, 0.2) is 0 Å². The van der Waals surface area contributed by atoms with E-state index in [4.69, 9.17) is 4.74 Å². The Hall–Kier alpha value is -0.170. The van der Waals surface area contributed by atoms with Crippen molar-refractivity contribution >= 4 is 10.0 Å². The van der Waals surface area contributed by atoms with Crippen molar-refractivity contribution in [1.82, 2.24) is 9.62 Å². The van der Waals surface area contributed by atoms with E-state index in [0.29, 0.717) is 19.0 Å². The van der Waals surface area contributed by atoms with Gasteiger partial charge in [0, 0.05) is 26.7 Å². The third-order valence-electron chi connectivity index (χ3n) is 3.25. The summed E-state index contributed by atoms with van der Waals surface area (Å²) < 4.78 is 29.9. The van der Waals surface area contributed by atoms with Crippen molar-refractivity contribution in [3.05, 3.63) is 0 Å². The number of hydrogen-bond acceptors (Lipinski definition) is 4. The second-order valence-corrected chi connectivity index (χ2v) is 6.70. The molecule has 5 nitrogen and oxygen atoms in total. The first-order valence-corrected chi connectivity index (χ1v) is 7.88. The predicted molar refractivity (Wildman–Crippen MR) is 68.5 cm³/mol. The molecule has 1 heterocycles. The Labute approximate surface area is 105 Å². The summed E-state index contributed by atoms with van der Waals surface area (Å²) >= 11 is 0. The second-order valence-electron chi connectivity index (χ2n) is 4.44. The van der Waals surface area contributed by atoms with Crippen molar-refractivity contribution in [3.63, 3.8) is 0 Å². The average molecular weight is 264 g/mol. The molecule has 17 heavy (non-hydrogen) atoms. The summed E-state index contributed by atoms with van der Waals surface area (Å²) in [5, 5.41) is 3.33. The average Bonchev–Trinajstić information content (AvgIpc) is 2.35. The zero-order valence-corrected chi connectivity index (χ0v) is 11.6. The number of sulfonamides is 1. The molecule has 0 bridgehead atoms. The van der Waals surface area contributed by atoms with Crippen molar-refractivity contribution < 1.29 is 13.2 Å². The highest BCUT2D eigenvalue weighted by molar-refractivity contribution is 7.89. The molecule has 0 aliphatic carbocycles. The Morgan fingerprint density at radius 1 is 1.35 bits per heavy atom. The molecule has 1 N–H and O–H groups in total. The van der Waals surface area contributed by atoms with Crippen LogP contribution in [0.2, 0.25) is 0 Å². The van der Waals surface area contributed by atoms with Gasteiger partial charge in [0.1, 0.15) is 0 Å². The van der Waals surface area contributed by atoms with E-state index in [1.165, 1.54) is 0 Å². The SMILES string of the molecule is CCS(=O)(=O)N1CCC(CNCCOC)CC1. The molecule has 0 aromatic heterocycles. The van der Waals surface area contributed by atoms with Crippen molar-refractivity contribution in [3.8, 4) is 0 Å². The lowest BCUT2D eigenvalue weighted by Crippen LogP contribution is -2.41. The van der Waals surface area contributed by atoms with Gasteiger partial charge in [0.2, 0.25) is 10.0 Å². The van der Waals surface area contributed by atoms with E-state index in [1.54, 1.807) is 18.3 Å². The van der Waals surface area contributed by atoms with Gasteiger partial charge < -0.3 is 10.1 Å². The molecule has 0 unspecified atom stereocenters. The Morgan fingerprint density at radius 3 is 2.53 bits per heavy atom. The topological polar surface area (TPSA) is 58.6 Å². The van der Waals surface area contributed by atoms with Crippen molar-refractivity contribution in [2.45, 2.75) is 19.8 Å². The van der Waals surface area contributed by atoms with Gasteiger partial charge in [-0.25, -0.2) is 12.7 Å². The number of nitrogens with one attached hydrogen (secondary N) is 1. The maximum Gasteiger partial charge on any atom is 0.213 e. The van der Waals surface area contributed by atoms with Gasteiger partial charge in [-0.05, 0) is 32.2 Å². The molecule has 0 aromatic rings. The van der Waals surface area contributed by atoms with Gasteiger partial charge in [0.25, 0.3) is 0 Å². The van der Waals surface area contributed by atoms with Crippen molar-refractivity contribution in [1.29, 1.82) is 0 Å². The van der Waals surface area contributed by atoms with Crippen molar-refractivity contribution in [2.24, 2.45) is 5.92 Å². The van der Waals surface area contributed by atoms with Crippen LogP contribution >= 0.6 is 0 Å². The summed E-state index contributed by atoms with van der Waals surface area (Å²) in [5.74, 6) is 0.805. The van der Waals surface area contributed by atoms with E-state index in [2.05, 4.69) is 5.32 Å². The largest absolute Gasteiger partial charge is 0.383 e. The summed E-state index contributed by atoms with van der Waals surface area (Å²) in [4.78, 5) is 0. The first-order chi connectivity index (χ1) is 8.10. The molecule has 0 amide bonds. The highest BCUT2D eigenvalue weighted by Crippen LogP contribution is 2.18. The fourth-order valence-electron chi connectivity index (χ4n) is 2.05. The molecular weight excluding hydrogens is 240 g/mol. The summed E-state index contributed by atoms with van der Waals surface area (Å²) in [6.45, 7) is 5.60. The molecule has 1 rings (SSSR count). The minimum atomic E-state index is -2.98. The standard InChI is InChI=1S/C11H24N2O3S/c1-3-17(14,15)13-7-4-11(5-8-13)10-12-6-9-16-2/h11-12H,3-10H2,1-2H3. The zero-order chi connectivity index (χ0) is 12.7. The minimum absolute atomic E-state index is 0.212. The first kappa shape index (κ1) is 14.9. The van der Waals surface area contributed by atoms with E-state index in [0.717, 1.165) is 32.5 Å². The quantitative estimate of drug-likeness (QED) is 0.671. The zero-order valence-electron chi connectivity index (χ0n) is 10.8. The fraction of sp³-hybridized carbons (Fsp3) is 1.00. The lowest BCUT2D eigenvalue weighted by Gasteiger charge is -2.31. The molecule has 1 aliphatic heterocycles. The number of ether oxygens (including phenoxy) is 1. The van der Waals surface area contributed by atoms with Gasteiger partial charge in [-0.1, -0.05) is 0 Å². The van der Waals surface area contributed by atoms with Crippen LogP contribution in [0.4, 0.5) is 0 Å². The van der Waals surface area contributed by atoms with Crippen LogP contribution in [0.5, 0.6) is 0 Å². The highest BCUT2D eigenvalue weighted by Gasteiger charge is 2.26. The number of piperidine rings is 1. The van der Waals surface area contributed by atoms with Crippen LogP contribution in [-0.4, -0.2) is 58.4 Å². The van der Waals surface area contributed by atoms with Gasteiger partial charge in [-0.15, -0.1) is 0 Å². The minimum Gasteiger partial charge on any atom is -0.383 e. The summed E-state index contributed by atoms with van der Waals surface area (Å²) in [7, 11) is -1.29. The normalized spacial score (nSPS) is 19.6. The van der Waals surface area contributed by atoms with Crippen LogP contribution in [0.1, 0.15) is 19.8 Å². The van der Waals surface area contributed by atoms with Gasteiger partial charge in [-0.3, -0.25) is 0 Å². The number of hydrogen-bond donors (Lipinski definition) is 1. The third kappa shape index (κ3) is 4.91. The molecule has 0 spiro atoms. The maximum absolute atomic E-state index is 11.7. The van der Waals surface area contributed by atoms with Crippen LogP contribution in [0, 0.1) is 5.92 Å². The molecule has 0 radical (unpaired) electrons. The lowest BCUT2D eigenvalue weighted by atomic mass is 9.98. The molecule has 6 heteroatoms. The molecule has 1 fully saturated rings. The first-order valence-electron chi connectivity index (χ1n) is 6.27. The Bertz CT molecular complexity index is 298. The van der Waals surface area contributed by atoms with Crippen LogP contribution in [-0.2, 0) is 14.8 Å². The molecule has 0 aromatic carbocycles. The fourth-order valence-corrected chi connectivity index (χ4v) is 3.19. The summed E-state index contributed by atoms with van der Waals surface area (Å²) in [6, 6.07) is 0. The lowest BCUT2D eigenvalue weighted by molar-refractivity contribution is 0.194. The van der Waals surface area contributed by atoms with Gasteiger partial charge in [0.05, 0.1) is 12.4 Å².